The fraction of sp³-hybridized carbons (Fsp3) is 0.0556. The molecule has 4 aromatic carbocycles. The fourth-order valence-electron chi connectivity index (χ4n) is 5.17. The first-order valence-corrected chi connectivity index (χ1v) is 12.9. The predicted octanol–water partition coefficient (Wildman–Crippen LogP) is 9.43. The number of hydrogen-bond donors (Lipinski definition) is 0. The molecule has 182 valence electrons. The van der Waals surface area contributed by atoms with E-state index in [0.29, 0.717) is 0 Å². The maximum atomic E-state index is 4.51. The van der Waals surface area contributed by atoms with Crippen molar-refractivity contribution in [1.82, 2.24) is 9.97 Å². The average Bonchev–Trinajstić information content (AvgIpc) is 2.97. The van der Waals surface area contributed by atoms with E-state index in [1.807, 2.05) is 48.8 Å². The van der Waals surface area contributed by atoms with E-state index in [4.69, 9.17) is 0 Å². The molecule has 6 rings (SSSR count). The molecule has 0 aliphatic rings. The summed E-state index contributed by atoms with van der Waals surface area (Å²) in [5.74, 6) is 0. The van der Waals surface area contributed by atoms with Crippen LogP contribution in [0.5, 0.6) is 0 Å². The molecule has 0 atom stereocenters. The third-order valence-electron chi connectivity index (χ3n) is 6.89. The summed E-state index contributed by atoms with van der Waals surface area (Å²) in [5, 5.41) is 0. The van der Waals surface area contributed by atoms with Gasteiger partial charge in [0.25, 0.3) is 0 Å². The van der Waals surface area contributed by atoms with Crippen LogP contribution in [0.25, 0.3) is 55.9 Å². The van der Waals surface area contributed by atoms with E-state index in [1.165, 1.54) is 44.5 Å². The normalized spacial score (nSPS) is 10.9. The predicted molar refractivity (Wildman–Crippen MR) is 159 cm³/mol. The van der Waals surface area contributed by atoms with Crippen molar-refractivity contribution in [3.05, 3.63) is 145 Å². The van der Waals surface area contributed by atoms with Crippen LogP contribution in [0.1, 0.15) is 11.1 Å². The minimum absolute atomic E-state index is 0.982. The lowest BCUT2D eigenvalue weighted by molar-refractivity contribution is 1.33. The van der Waals surface area contributed by atoms with Crippen LogP contribution in [0.4, 0.5) is 0 Å². The number of pyridine rings is 2. The van der Waals surface area contributed by atoms with Gasteiger partial charge in [-0.25, -0.2) is 0 Å². The smallest absolute Gasteiger partial charge is 0.0701 e. The van der Waals surface area contributed by atoms with Crippen molar-refractivity contribution in [1.29, 1.82) is 0 Å². The highest BCUT2D eigenvalue weighted by atomic mass is 14.7. The number of hydrogen-bond acceptors (Lipinski definition) is 2. The second kappa shape index (κ2) is 10.3. The van der Waals surface area contributed by atoms with Gasteiger partial charge >= 0.3 is 0 Å². The molecule has 0 saturated carbocycles. The maximum Gasteiger partial charge on any atom is 0.0701 e. The van der Waals surface area contributed by atoms with Crippen molar-refractivity contribution in [2.45, 2.75) is 13.8 Å². The summed E-state index contributed by atoms with van der Waals surface area (Å²) >= 11 is 0. The molecule has 0 fully saturated rings. The number of nitrogens with zero attached hydrogens (tertiary/aromatic N) is 2. The molecule has 0 bridgehead atoms. The lowest BCUT2D eigenvalue weighted by Crippen LogP contribution is -1.93. The van der Waals surface area contributed by atoms with Gasteiger partial charge in [0.15, 0.2) is 0 Å². The minimum atomic E-state index is 0.982. The van der Waals surface area contributed by atoms with Gasteiger partial charge in [-0.1, -0.05) is 108 Å². The van der Waals surface area contributed by atoms with Crippen molar-refractivity contribution in [3.63, 3.8) is 0 Å². The third kappa shape index (κ3) is 4.77. The van der Waals surface area contributed by atoms with Gasteiger partial charge in [-0.15, -0.1) is 0 Å². The van der Waals surface area contributed by atoms with Gasteiger partial charge in [-0.2, -0.15) is 0 Å². The summed E-state index contributed by atoms with van der Waals surface area (Å²) in [6.07, 6.45) is 3.67. The molecule has 0 radical (unpaired) electrons. The van der Waals surface area contributed by atoms with E-state index in [2.05, 4.69) is 109 Å². The SMILES string of the molecule is Cc1cc(C)cc(-c2c(-c3ccc(-c4ccccn4)cc3)cccc2-c2ccc(-c3ccccn3)cc2)c1. The van der Waals surface area contributed by atoms with E-state index in [0.717, 1.165) is 22.5 Å². The topological polar surface area (TPSA) is 25.8 Å². The highest BCUT2D eigenvalue weighted by Crippen LogP contribution is 2.41. The zero-order valence-corrected chi connectivity index (χ0v) is 21.6. The van der Waals surface area contributed by atoms with Gasteiger partial charge in [0.2, 0.25) is 0 Å². The molecule has 2 heterocycles. The van der Waals surface area contributed by atoms with E-state index in [-0.39, 0.29) is 0 Å². The Kier molecular flexibility index (Phi) is 6.37. The monoisotopic (exact) mass is 488 g/mol. The Morgan fingerprint density at radius 2 is 0.842 bits per heavy atom. The van der Waals surface area contributed by atoms with Gasteiger partial charge in [-0.05, 0) is 71.5 Å². The molecule has 2 aromatic heterocycles. The van der Waals surface area contributed by atoms with Gasteiger partial charge in [-0.3, -0.25) is 9.97 Å². The Morgan fingerprint density at radius 1 is 0.395 bits per heavy atom. The Hall–Kier alpha value is -4.82. The molecular weight excluding hydrogens is 460 g/mol. The van der Waals surface area contributed by atoms with Gasteiger partial charge in [0, 0.05) is 23.5 Å². The van der Waals surface area contributed by atoms with Crippen LogP contribution in [-0.4, -0.2) is 9.97 Å². The summed E-state index contributed by atoms with van der Waals surface area (Å²) in [5.41, 5.74) is 14.0. The third-order valence-corrected chi connectivity index (χ3v) is 6.89. The van der Waals surface area contributed by atoms with Crippen LogP contribution in [0.2, 0.25) is 0 Å². The molecule has 0 spiro atoms. The molecule has 6 aromatic rings. The minimum Gasteiger partial charge on any atom is -0.256 e. The fourth-order valence-corrected chi connectivity index (χ4v) is 5.17. The second-order valence-electron chi connectivity index (χ2n) is 9.69. The first kappa shape index (κ1) is 23.6. The Bertz CT molecular complexity index is 1560. The van der Waals surface area contributed by atoms with Crippen LogP contribution in [0, 0.1) is 13.8 Å². The number of benzene rings is 4. The molecule has 0 aliphatic carbocycles. The van der Waals surface area contributed by atoms with Gasteiger partial charge in [0.05, 0.1) is 11.4 Å². The Balaban J connectivity index is 1.49. The number of aryl methyl sites for hydroxylation is 2. The zero-order valence-electron chi connectivity index (χ0n) is 21.6. The molecule has 2 heteroatoms. The first-order valence-electron chi connectivity index (χ1n) is 12.9. The van der Waals surface area contributed by atoms with Crippen LogP contribution in [-0.2, 0) is 0 Å². The molecular formula is C36H28N2. The van der Waals surface area contributed by atoms with Crippen LogP contribution < -0.4 is 0 Å². The van der Waals surface area contributed by atoms with Crippen molar-refractivity contribution in [2.24, 2.45) is 0 Å². The molecule has 38 heavy (non-hydrogen) atoms. The van der Waals surface area contributed by atoms with Crippen molar-refractivity contribution < 1.29 is 0 Å². The van der Waals surface area contributed by atoms with Gasteiger partial charge < -0.3 is 0 Å². The van der Waals surface area contributed by atoms with Crippen molar-refractivity contribution in [2.75, 3.05) is 0 Å². The lowest BCUT2D eigenvalue weighted by atomic mass is 9.86. The highest BCUT2D eigenvalue weighted by Gasteiger charge is 2.15. The highest BCUT2D eigenvalue weighted by molar-refractivity contribution is 5.95. The van der Waals surface area contributed by atoms with Crippen molar-refractivity contribution in [3.8, 4) is 55.9 Å². The summed E-state index contributed by atoms with van der Waals surface area (Å²) in [4.78, 5) is 9.03. The van der Waals surface area contributed by atoms with E-state index in [1.54, 1.807) is 0 Å². The molecule has 0 N–H and O–H groups in total. The Morgan fingerprint density at radius 3 is 1.26 bits per heavy atom. The largest absolute Gasteiger partial charge is 0.256 e. The summed E-state index contributed by atoms with van der Waals surface area (Å²) in [6.45, 7) is 4.34. The second-order valence-corrected chi connectivity index (χ2v) is 9.69. The van der Waals surface area contributed by atoms with E-state index >= 15 is 0 Å². The van der Waals surface area contributed by atoms with E-state index in [9.17, 15) is 0 Å². The van der Waals surface area contributed by atoms with Gasteiger partial charge in [0.1, 0.15) is 0 Å². The first-order chi connectivity index (χ1) is 18.7. The Labute approximate surface area is 224 Å². The molecule has 0 aliphatic heterocycles. The molecule has 0 amide bonds. The zero-order chi connectivity index (χ0) is 25.9. The average molecular weight is 489 g/mol. The quantitative estimate of drug-likeness (QED) is 0.241. The lowest BCUT2D eigenvalue weighted by Gasteiger charge is -2.18. The summed E-state index contributed by atoms with van der Waals surface area (Å²) < 4.78 is 0. The summed E-state index contributed by atoms with van der Waals surface area (Å²) in [7, 11) is 0. The molecule has 2 nitrogen and oxygen atoms in total. The standard InChI is InChI=1S/C36H28N2/c1-25-22-26(2)24-31(23-25)36-32(27-12-16-29(17-13-27)34-10-3-5-20-37-34)8-7-9-33(36)28-14-18-30(19-15-28)35-11-4-6-21-38-35/h3-24H,1-2H3. The van der Waals surface area contributed by atoms with Crippen LogP contribution in [0.3, 0.4) is 0 Å². The van der Waals surface area contributed by atoms with Crippen LogP contribution in [0.15, 0.2) is 134 Å². The number of rotatable bonds is 5. The van der Waals surface area contributed by atoms with E-state index < -0.39 is 0 Å². The summed E-state index contributed by atoms with van der Waals surface area (Å²) in [6, 6.07) is 43.0. The number of aromatic nitrogens is 2. The molecule has 0 saturated heterocycles. The van der Waals surface area contributed by atoms with Crippen LogP contribution >= 0.6 is 0 Å². The molecule has 0 unspecified atom stereocenters. The maximum absolute atomic E-state index is 4.51. The van der Waals surface area contributed by atoms with Crippen molar-refractivity contribution >= 4 is 0 Å².